The molecule has 0 aliphatic rings. The van der Waals surface area contributed by atoms with Crippen molar-refractivity contribution in [2.24, 2.45) is 0 Å². The van der Waals surface area contributed by atoms with Gasteiger partial charge < -0.3 is 9.84 Å². The zero-order valence-corrected chi connectivity index (χ0v) is 5.38. The van der Waals surface area contributed by atoms with Crippen molar-refractivity contribution in [3.05, 3.63) is 0 Å². The predicted molar refractivity (Wildman–Crippen MR) is 28.6 cm³/mol. The largest absolute Gasteiger partial charge is 0.467 e. The maximum Gasteiger partial charge on any atom is 0.334 e. The van der Waals surface area contributed by atoms with E-state index in [1.165, 1.54) is 0 Å². The van der Waals surface area contributed by atoms with Gasteiger partial charge in [0, 0.05) is 6.42 Å². The van der Waals surface area contributed by atoms with Crippen molar-refractivity contribution in [2.75, 3.05) is 7.11 Å². The standard InChI is InChI=1S/C5H8F2O3/c1-10-5(9)3(8)2-4(6)7/h3-4,8H,2H2,1H3. The molecular formula is C5H8F2O3. The van der Waals surface area contributed by atoms with Gasteiger partial charge in [-0.25, -0.2) is 13.6 Å². The van der Waals surface area contributed by atoms with Crippen LogP contribution in [-0.4, -0.2) is 30.7 Å². The SMILES string of the molecule is COC(=O)C(O)CC(F)F. The van der Waals surface area contributed by atoms with Crippen LogP contribution in [0.15, 0.2) is 0 Å². The molecule has 0 bridgehead atoms. The highest BCUT2D eigenvalue weighted by molar-refractivity contribution is 5.74. The number of alkyl halides is 2. The molecule has 60 valence electrons. The topological polar surface area (TPSA) is 46.5 Å². The van der Waals surface area contributed by atoms with E-state index in [9.17, 15) is 13.6 Å². The molecule has 0 radical (unpaired) electrons. The van der Waals surface area contributed by atoms with Gasteiger partial charge in [-0.2, -0.15) is 0 Å². The molecule has 1 unspecified atom stereocenters. The molecule has 0 aliphatic heterocycles. The smallest absolute Gasteiger partial charge is 0.334 e. The van der Waals surface area contributed by atoms with Crippen molar-refractivity contribution in [3.63, 3.8) is 0 Å². The van der Waals surface area contributed by atoms with Crippen LogP contribution < -0.4 is 0 Å². The Morgan fingerprint density at radius 1 is 1.70 bits per heavy atom. The Morgan fingerprint density at radius 2 is 2.20 bits per heavy atom. The molecule has 0 aromatic heterocycles. The van der Waals surface area contributed by atoms with Crippen molar-refractivity contribution >= 4 is 5.97 Å². The lowest BCUT2D eigenvalue weighted by Gasteiger charge is -2.05. The Balaban J connectivity index is 3.61. The molecule has 1 N–H and O–H groups in total. The quantitative estimate of drug-likeness (QED) is 0.589. The molecule has 10 heavy (non-hydrogen) atoms. The van der Waals surface area contributed by atoms with Crippen LogP contribution in [0.5, 0.6) is 0 Å². The summed E-state index contributed by atoms with van der Waals surface area (Å²) in [4.78, 5) is 10.2. The Bertz CT molecular complexity index is 115. The molecule has 5 heteroatoms. The number of ether oxygens (including phenoxy) is 1. The molecular weight excluding hydrogens is 146 g/mol. The van der Waals surface area contributed by atoms with Crippen molar-refractivity contribution in [1.82, 2.24) is 0 Å². The van der Waals surface area contributed by atoms with Gasteiger partial charge in [0.2, 0.25) is 6.43 Å². The second-order valence-corrected chi connectivity index (χ2v) is 1.67. The van der Waals surface area contributed by atoms with Gasteiger partial charge >= 0.3 is 5.97 Å². The van der Waals surface area contributed by atoms with Crippen LogP contribution >= 0.6 is 0 Å². The maximum atomic E-state index is 11.4. The average Bonchev–Trinajstić information content (AvgIpc) is 1.85. The minimum absolute atomic E-state index is 0.868. The summed E-state index contributed by atoms with van der Waals surface area (Å²) in [6.45, 7) is 0. The van der Waals surface area contributed by atoms with Crippen molar-refractivity contribution < 1.29 is 23.4 Å². The third-order valence-corrected chi connectivity index (χ3v) is 0.875. The Labute approximate surface area is 56.6 Å². The van der Waals surface area contributed by atoms with Crippen LogP contribution in [0.3, 0.4) is 0 Å². The van der Waals surface area contributed by atoms with Crippen LogP contribution in [0.4, 0.5) is 8.78 Å². The minimum atomic E-state index is -2.69. The Kier molecular flexibility index (Phi) is 3.87. The van der Waals surface area contributed by atoms with E-state index < -0.39 is 24.9 Å². The molecule has 0 saturated heterocycles. The lowest BCUT2D eigenvalue weighted by Crippen LogP contribution is -2.24. The average molecular weight is 154 g/mol. The molecule has 0 aliphatic carbocycles. The zero-order chi connectivity index (χ0) is 8.15. The van der Waals surface area contributed by atoms with E-state index in [-0.39, 0.29) is 0 Å². The van der Waals surface area contributed by atoms with Gasteiger partial charge in [0.1, 0.15) is 0 Å². The lowest BCUT2D eigenvalue weighted by atomic mass is 10.3. The van der Waals surface area contributed by atoms with Gasteiger partial charge in [0.05, 0.1) is 7.11 Å². The van der Waals surface area contributed by atoms with E-state index in [0.29, 0.717) is 0 Å². The van der Waals surface area contributed by atoms with E-state index in [4.69, 9.17) is 5.11 Å². The number of methoxy groups -OCH3 is 1. The first-order valence-electron chi connectivity index (χ1n) is 2.62. The fraction of sp³-hybridized carbons (Fsp3) is 0.800. The van der Waals surface area contributed by atoms with Crippen LogP contribution in [0.1, 0.15) is 6.42 Å². The van der Waals surface area contributed by atoms with Crippen LogP contribution in [0.2, 0.25) is 0 Å². The summed E-state index contributed by atoms with van der Waals surface area (Å²) in [6, 6.07) is 0. The molecule has 0 aromatic rings. The minimum Gasteiger partial charge on any atom is -0.467 e. The third-order valence-electron chi connectivity index (χ3n) is 0.875. The molecule has 0 spiro atoms. The van der Waals surface area contributed by atoms with E-state index in [0.717, 1.165) is 7.11 Å². The normalized spacial score (nSPS) is 13.3. The molecule has 0 fully saturated rings. The van der Waals surface area contributed by atoms with E-state index in [1.807, 2.05) is 0 Å². The molecule has 3 nitrogen and oxygen atoms in total. The molecule has 0 heterocycles. The first-order valence-corrected chi connectivity index (χ1v) is 2.62. The summed E-state index contributed by atoms with van der Waals surface area (Å²) in [7, 11) is 1.02. The number of esters is 1. The number of rotatable bonds is 3. The monoisotopic (exact) mass is 154 g/mol. The second kappa shape index (κ2) is 4.16. The van der Waals surface area contributed by atoms with E-state index in [2.05, 4.69) is 4.74 Å². The first-order chi connectivity index (χ1) is 4.57. The molecule has 0 rings (SSSR count). The number of halogens is 2. The van der Waals surface area contributed by atoms with Crippen LogP contribution in [0.25, 0.3) is 0 Å². The van der Waals surface area contributed by atoms with E-state index in [1.54, 1.807) is 0 Å². The van der Waals surface area contributed by atoms with Gasteiger partial charge in [-0.05, 0) is 0 Å². The predicted octanol–water partition coefficient (Wildman–Crippen LogP) is 0.175. The van der Waals surface area contributed by atoms with E-state index >= 15 is 0 Å². The summed E-state index contributed by atoms with van der Waals surface area (Å²) < 4.78 is 26.8. The first kappa shape index (κ1) is 9.29. The van der Waals surface area contributed by atoms with Crippen LogP contribution in [0, 0.1) is 0 Å². The fourth-order valence-corrected chi connectivity index (χ4v) is 0.401. The van der Waals surface area contributed by atoms with Crippen LogP contribution in [-0.2, 0) is 9.53 Å². The van der Waals surface area contributed by atoms with Gasteiger partial charge in [0.25, 0.3) is 0 Å². The van der Waals surface area contributed by atoms with Gasteiger partial charge in [0.15, 0.2) is 6.10 Å². The van der Waals surface area contributed by atoms with Gasteiger partial charge in [-0.15, -0.1) is 0 Å². The number of hydrogen-bond acceptors (Lipinski definition) is 3. The third kappa shape index (κ3) is 3.34. The second-order valence-electron chi connectivity index (χ2n) is 1.67. The van der Waals surface area contributed by atoms with Crippen molar-refractivity contribution in [2.45, 2.75) is 19.0 Å². The lowest BCUT2D eigenvalue weighted by molar-refractivity contribution is -0.152. The molecule has 0 amide bonds. The fourth-order valence-electron chi connectivity index (χ4n) is 0.401. The van der Waals surface area contributed by atoms with Gasteiger partial charge in [-0.3, -0.25) is 0 Å². The Morgan fingerprint density at radius 3 is 2.50 bits per heavy atom. The summed E-state index contributed by atoms with van der Waals surface area (Å²) >= 11 is 0. The highest BCUT2D eigenvalue weighted by Gasteiger charge is 2.19. The number of aliphatic hydroxyl groups excluding tert-OH is 1. The number of hydrogen-bond donors (Lipinski definition) is 1. The number of carbonyl (C=O) groups excluding carboxylic acids is 1. The molecule has 0 aromatic carbocycles. The highest BCUT2D eigenvalue weighted by atomic mass is 19.3. The number of aliphatic hydroxyl groups is 1. The number of carbonyl (C=O) groups is 1. The Hall–Kier alpha value is -0.710. The summed E-state index contributed by atoms with van der Waals surface area (Å²) in [5.74, 6) is -1.03. The van der Waals surface area contributed by atoms with Crippen molar-refractivity contribution in [3.8, 4) is 0 Å². The summed E-state index contributed by atoms with van der Waals surface area (Å²) in [5.41, 5.74) is 0. The maximum absolute atomic E-state index is 11.4. The van der Waals surface area contributed by atoms with Crippen molar-refractivity contribution in [1.29, 1.82) is 0 Å². The summed E-state index contributed by atoms with van der Waals surface area (Å²) in [6.07, 6.45) is -5.26. The summed E-state index contributed by atoms with van der Waals surface area (Å²) in [5, 5.41) is 8.53. The van der Waals surface area contributed by atoms with Gasteiger partial charge in [-0.1, -0.05) is 0 Å². The molecule has 0 saturated carbocycles. The zero-order valence-electron chi connectivity index (χ0n) is 5.38. The highest BCUT2D eigenvalue weighted by Crippen LogP contribution is 2.04. The molecule has 1 atom stereocenters.